The predicted molar refractivity (Wildman–Crippen MR) is 92.2 cm³/mol. The summed E-state index contributed by atoms with van der Waals surface area (Å²) < 4.78 is 10.9. The number of hydrogen-bond acceptors (Lipinski definition) is 3. The minimum atomic E-state index is 0.291. The molecule has 2 aromatic carbocycles. The van der Waals surface area contributed by atoms with Crippen LogP contribution in [0.25, 0.3) is 33.2 Å². The maximum Gasteiger partial charge on any atom is 0.231 e. The van der Waals surface area contributed by atoms with E-state index in [9.17, 15) is 0 Å². The summed E-state index contributed by atoms with van der Waals surface area (Å²) in [7, 11) is 0. The molecule has 5 heteroatoms. The lowest BCUT2D eigenvalue weighted by molar-refractivity contribution is 0.174. The number of nitrogens with zero attached hydrogens (tertiary/aromatic N) is 1. The van der Waals surface area contributed by atoms with Crippen LogP contribution in [0.5, 0.6) is 11.5 Å². The van der Waals surface area contributed by atoms with Crippen LogP contribution < -0.4 is 9.47 Å². The molecule has 0 fully saturated rings. The van der Waals surface area contributed by atoms with E-state index in [1.165, 1.54) is 10.9 Å². The fraction of sp³-hybridized carbons (Fsp3) is 0.105. The van der Waals surface area contributed by atoms with Gasteiger partial charge in [-0.3, -0.25) is 5.10 Å². The molecule has 2 N–H and O–H groups in total. The number of nitrogens with one attached hydrogen (secondary N) is 2. The number of hydrogen-bond donors (Lipinski definition) is 2. The molecule has 118 valence electrons. The lowest BCUT2D eigenvalue weighted by Gasteiger charge is -2.07. The molecule has 5 rings (SSSR count). The molecule has 0 saturated heterocycles. The molecule has 3 heterocycles. The molecule has 0 atom stereocenters. The van der Waals surface area contributed by atoms with Gasteiger partial charge in [-0.2, -0.15) is 5.10 Å². The molecular formula is C19H15N3O2. The highest BCUT2D eigenvalue weighted by Gasteiger charge is 2.15. The predicted octanol–water partition coefficient (Wildman–Crippen LogP) is 4.26. The second kappa shape index (κ2) is 4.89. The van der Waals surface area contributed by atoms with Gasteiger partial charge in [0.25, 0.3) is 0 Å². The fourth-order valence-electron chi connectivity index (χ4n) is 3.29. The number of aromatic nitrogens is 3. The third kappa shape index (κ3) is 1.91. The van der Waals surface area contributed by atoms with Crippen LogP contribution in [0.3, 0.4) is 0 Å². The molecule has 0 amide bonds. The summed E-state index contributed by atoms with van der Waals surface area (Å²) in [5.41, 5.74) is 6.84. The molecule has 0 saturated carbocycles. The monoisotopic (exact) mass is 317 g/mol. The first-order chi connectivity index (χ1) is 11.8. The first-order valence-electron chi connectivity index (χ1n) is 7.80. The maximum atomic E-state index is 5.51. The normalized spacial score (nSPS) is 12.9. The molecule has 5 nitrogen and oxygen atoms in total. The standard InChI is InChI=1S/C19H15N3O2/c1-11-4-13(12-2-3-17-18(6-12)24-10-23-17)5-15-16(9-20-19(11)15)14-7-21-22-8-14/h2-9,20H,10H2,1H3,(H,21,22). The minimum absolute atomic E-state index is 0.291. The molecule has 0 spiro atoms. The summed E-state index contributed by atoms with van der Waals surface area (Å²) in [5, 5.41) is 8.12. The molecule has 1 aliphatic rings. The minimum Gasteiger partial charge on any atom is -0.454 e. The number of aryl methyl sites for hydroxylation is 1. The molecule has 0 bridgehead atoms. The van der Waals surface area contributed by atoms with Gasteiger partial charge in [-0.15, -0.1) is 0 Å². The first kappa shape index (κ1) is 13.2. The van der Waals surface area contributed by atoms with Gasteiger partial charge in [0.1, 0.15) is 0 Å². The van der Waals surface area contributed by atoms with E-state index in [1.807, 2.05) is 30.7 Å². The van der Waals surface area contributed by atoms with Crippen LogP contribution in [0.1, 0.15) is 5.56 Å². The van der Waals surface area contributed by atoms with Crippen LogP contribution in [-0.2, 0) is 0 Å². The van der Waals surface area contributed by atoms with Gasteiger partial charge in [0.2, 0.25) is 6.79 Å². The van der Waals surface area contributed by atoms with Gasteiger partial charge >= 0.3 is 0 Å². The summed E-state index contributed by atoms with van der Waals surface area (Å²) in [4.78, 5) is 3.38. The Bertz CT molecular complexity index is 1050. The van der Waals surface area contributed by atoms with Gasteiger partial charge < -0.3 is 14.5 Å². The van der Waals surface area contributed by atoms with Crippen molar-refractivity contribution in [1.29, 1.82) is 0 Å². The first-order valence-corrected chi connectivity index (χ1v) is 7.80. The number of aromatic amines is 2. The van der Waals surface area contributed by atoms with Crippen molar-refractivity contribution in [3.63, 3.8) is 0 Å². The van der Waals surface area contributed by atoms with Crippen molar-refractivity contribution < 1.29 is 9.47 Å². The molecule has 0 radical (unpaired) electrons. The number of H-pyrrole nitrogens is 2. The number of rotatable bonds is 2. The zero-order valence-corrected chi connectivity index (χ0v) is 13.1. The highest BCUT2D eigenvalue weighted by molar-refractivity contribution is 5.99. The van der Waals surface area contributed by atoms with E-state index in [0.29, 0.717) is 6.79 Å². The molecule has 0 unspecified atom stereocenters. The van der Waals surface area contributed by atoms with Crippen molar-refractivity contribution in [2.75, 3.05) is 6.79 Å². The van der Waals surface area contributed by atoms with Crippen molar-refractivity contribution >= 4 is 10.9 Å². The van der Waals surface area contributed by atoms with Gasteiger partial charge in [-0.1, -0.05) is 6.07 Å². The van der Waals surface area contributed by atoms with E-state index in [4.69, 9.17) is 9.47 Å². The third-order valence-corrected chi connectivity index (χ3v) is 4.50. The quantitative estimate of drug-likeness (QED) is 0.580. The van der Waals surface area contributed by atoms with Crippen molar-refractivity contribution in [3.05, 3.63) is 54.5 Å². The van der Waals surface area contributed by atoms with Gasteiger partial charge in [-0.25, -0.2) is 0 Å². The molecule has 1 aliphatic heterocycles. The van der Waals surface area contributed by atoms with Crippen molar-refractivity contribution in [2.24, 2.45) is 0 Å². The zero-order chi connectivity index (χ0) is 16.1. The Hall–Kier alpha value is -3.21. The molecule has 24 heavy (non-hydrogen) atoms. The van der Waals surface area contributed by atoms with Gasteiger partial charge in [-0.05, 0) is 47.9 Å². The molecule has 0 aliphatic carbocycles. The Morgan fingerprint density at radius 2 is 1.88 bits per heavy atom. The smallest absolute Gasteiger partial charge is 0.231 e. The van der Waals surface area contributed by atoms with E-state index < -0.39 is 0 Å². The van der Waals surface area contributed by atoms with Gasteiger partial charge in [0, 0.05) is 34.4 Å². The highest BCUT2D eigenvalue weighted by Crippen LogP contribution is 2.38. The summed E-state index contributed by atoms with van der Waals surface area (Å²) in [5.74, 6) is 1.60. The van der Waals surface area contributed by atoms with Crippen LogP contribution in [0.4, 0.5) is 0 Å². The number of ether oxygens (including phenoxy) is 2. The van der Waals surface area contributed by atoms with E-state index in [-0.39, 0.29) is 0 Å². The number of fused-ring (bicyclic) bond motifs is 2. The van der Waals surface area contributed by atoms with Gasteiger partial charge in [0.05, 0.1) is 6.20 Å². The van der Waals surface area contributed by atoms with Crippen molar-refractivity contribution in [3.8, 4) is 33.8 Å². The van der Waals surface area contributed by atoms with Crippen molar-refractivity contribution in [1.82, 2.24) is 15.2 Å². The second-order valence-corrected chi connectivity index (χ2v) is 5.97. The van der Waals surface area contributed by atoms with Crippen LogP contribution >= 0.6 is 0 Å². The lowest BCUT2D eigenvalue weighted by Crippen LogP contribution is -1.92. The van der Waals surface area contributed by atoms with E-state index >= 15 is 0 Å². The summed E-state index contributed by atoms with van der Waals surface area (Å²) >= 11 is 0. The van der Waals surface area contributed by atoms with E-state index in [2.05, 4.69) is 40.3 Å². The third-order valence-electron chi connectivity index (χ3n) is 4.50. The second-order valence-electron chi connectivity index (χ2n) is 5.97. The Balaban J connectivity index is 1.71. The van der Waals surface area contributed by atoms with Crippen LogP contribution in [-0.4, -0.2) is 22.0 Å². The van der Waals surface area contributed by atoms with Crippen LogP contribution in [0.2, 0.25) is 0 Å². The van der Waals surface area contributed by atoms with Crippen LogP contribution in [0, 0.1) is 6.92 Å². The summed E-state index contributed by atoms with van der Waals surface area (Å²) in [6.45, 7) is 2.41. The van der Waals surface area contributed by atoms with E-state index in [1.54, 1.807) is 0 Å². The summed E-state index contributed by atoms with van der Waals surface area (Å²) in [6, 6.07) is 10.5. The van der Waals surface area contributed by atoms with Gasteiger partial charge in [0.15, 0.2) is 11.5 Å². The molecular weight excluding hydrogens is 302 g/mol. The highest BCUT2D eigenvalue weighted by atomic mass is 16.7. The maximum absolute atomic E-state index is 5.51. The molecule has 4 aromatic rings. The van der Waals surface area contributed by atoms with Crippen molar-refractivity contribution in [2.45, 2.75) is 6.92 Å². The van der Waals surface area contributed by atoms with E-state index in [0.717, 1.165) is 39.3 Å². The molecule has 2 aromatic heterocycles. The Morgan fingerprint density at radius 3 is 2.75 bits per heavy atom. The lowest BCUT2D eigenvalue weighted by atomic mass is 9.98. The zero-order valence-electron chi connectivity index (χ0n) is 13.1. The Morgan fingerprint density at radius 1 is 0.958 bits per heavy atom. The fourth-order valence-corrected chi connectivity index (χ4v) is 3.29. The Kier molecular flexibility index (Phi) is 2.70. The summed E-state index contributed by atoms with van der Waals surface area (Å²) in [6.07, 6.45) is 5.78. The Labute approximate surface area is 138 Å². The SMILES string of the molecule is Cc1cc(-c2ccc3c(c2)OCO3)cc2c(-c3cn[nH]c3)c[nH]c12. The average Bonchev–Trinajstić information content (AvgIpc) is 3.33. The topological polar surface area (TPSA) is 62.9 Å². The average molecular weight is 317 g/mol. The van der Waals surface area contributed by atoms with Crippen LogP contribution in [0.15, 0.2) is 48.9 Å². The number of benzene rings is 2. The largest absolute Gasteiger partial charge is 0.454 e.